The number of halogens is 1. The van der Waals surface area contributed by atoms with E-state index >= 15 is 0 Å². The van der Waals surface area contributed by atoms with Crippen LogP contribution in [0, 0.1) is 5.82 Å². The zero-order valence-electron chi connectivity index (χ0n) is 15.4. The van der Waals surface area contributed by atoms with E-state index in [4.69, 9.17) is 9.47 Å². The molecule has 0 unspecified atom stereocenters. The topological polar surface area (TPSA) is 111 Å². The van der Waals surface area contributed by atoms with Crippen LogP contribution in [0.15, 0.2) is 58.3 Å². The van der Waals surface area contributed by atoms with Gasteiger partial charge in [0.25, 0.3) is 5.56 Å². The van der Waals surface area contributed by atoms with Gasteiger partial charge in [-0.2, -0.15) is 4.98 Å². The monoisotopic (exact) mass is 407 g/mol. The van der Waals surface area contributed by atoms with Gasteiger partial charge in [-0.25, -0.2) is 18.7 Å². The van der Waals surface area contributed by atoms with Crippen molar-refractivity contribution in [1.29, 1.82) is 0 Å². The SMILES string of the molecule is O=c1[nH]c2nc(NCc3ccccc3F)ncc2c(=O)n1-c1ccc2c(c1)OCO2. The van der Waals surface area contributed by atoms with Crippen LogP contribution < -0.4 is 26.0 Å². The number of rotatable bonds is 4. The molecule has 5 rings (SSSR count). The molecule has 0 radical (unpaired) electrons. The van der Waals surface area contributed by atoms with Gasteiger partial charge in [0, 0.05) is 24.4 Å². The van der Waals surface area contributed by atoms with Crippen LogP contribution in [0.4, 0.5) is 10.3 Å². The lowest BCUT2D eigenvalue weighted by atomic mass is 10.2. The lowest BCUT2D eigenvalue weighted by Crippen LogP contribution is -2.34. The second-order valence-electron chi connectivity index (χ2n) is 6.51. The first kappa shape index (κ1) is 17.9. The summed E-state index contributed by atoms with van der Waals surface area (Å²) in [5.41, 5.74) is -0.395. The first-order valence-electron chi connectivity index (χ1n) is 8.99. The maximum Gasteiger partial charge on any atom is 0.334 e. The smallest absolute Gasteiger partial charge is 0.334 e. The van der Waals surface area contributed by atoms with E-state index in [0.29, 0.717) is 22.7 Å². The average molecular weight is 407 g/mol. The Bertz CT molecular complexity index is 1400. The first-order chi connectivity index (χ1) is 14.6. The molecular formula is C20H14FN5O4. The molecule has 2 aromatic heterocycles. The molecule has 0 spiro atoms. The van der Waals surface area contributed by atoms with Crippen LogP contribution in [0.25, 0.3) is 16.7 Å². The van der Waals surface area contributed by atoms with Crippen molar-refractivity contribution < 1.29 is 13.9 Å². The Balaban J connectivity index is 1.51. The Hall–Kier alpha value is -4.21. The second-order valence-corrected chi connectivity index (χ2v) is 6.51. The Kier molecular flexibility index (Phi) is 4.16. The van der Waals surface area contributed by atoms with Gasteiger partial charge < -0.3 is 14.8 Å². The Morgan fingerprint density at radius 2 is 1.97 bits per heavy atom. The predicted molar refractivity (Wildman–Crippen MR) is 106 cm³/mol. The van der Waals surface area contributed by atoms with Gasteiger partial charge in [-0.3, -0.25) is 9.78 Å². The fourth-order valence-corrected chi connectivity index (χ4v) is 3.16. The summed E-state index contributed by atoms with van der Waals surface area (Å²) in [6.45, 7) is 0.231. The molecule has 0 saturated heterocycles. The van der Waals surface area contributed by atoms with Gasteiger partial charge in [0.05, 0.1) is 5.69 Å². The van der Waals surface area contributed by atoms with Crippen LogP contribution in [0.3, 0.4) is 0 Å². The Morgan fingerprint density at radius 3 is 2.83 bits per heavy atom. The van der Waals surface area contributed by atoms with Gasteiger partial charge in [-0.15, -0.1) is 0 Å². The molecule has 30 heavy (non-hydrogen) atoms. The number of anilines is 1. The molecule has 150 valence electrons. The molecule has 2 N–H and O–H groups in total. The summed E-state index contributed by atoms with van der Waals surface area (Å²) in [5, 5.41) is 3.01. The van der Waals surface area contributed by atoms with Gasteiger partial charge >= 0.3 is 5.69 Å². The number of H-pyrrole nitrogens is 1. The van der Waals surface area contributed by atoms with Crippen LogP contribution in [0.5, 0.6) is 11.5 Å². The highest BCUT2D eigenvalue weighted by Crippen LogP contribution is 2.33. The number of nitrogens with one attached hydrogen (secondary N) is 2. The standard InChI is InChI=1S/C20H14FN5O4/c21-14-4-2-1-3-11(14)8-22-19-23-9-13-17(24-19)25-20(28)26(18(13)27)12-5-6-15-16(7-12)30-10-29-15/h1-7,9H,8,10H2,(H2,22,23,24,25,28). The van der Waals surface area contributed by atoms with Crippen LogP contribution in [0.1, 0.15) is 5.56 Å². The highest BCUT2D eigenvalue weighted by atomic mass is 19.1. The molecule has 0 aliphatic carbocycles. The first-order valence-corrected chi connectivity index (χ1v) is 8.99. The number of hydrogen-bond donors (Lipinski definition) is 2. The lowest BCUT2D eigenvalue weighted by Gasteiger charge is -2.09. The highest BCUT2D eigenvalue weighted by molar-refractivity contribution is 5.73. The number of fused-ring (bicyclic) bond motifs is 2. The summed E-state index contributed by atoms with van der Waals surface area (Å²) in [6.07, 6.45) is 1.31. The zero-order valence-corrected chi connectivity index (χ0v) is 15.4. The van der Waals surface area contributed by atoms with E-state index in [1.807, 2.05) is 0 Å². The summed E-state index contributed by atoms with van der Waals surface area (Å²) in [7, 11) is 0. The predicted octanol–water partition coefficient (Wildman–Crippen LogP) is 1.95. The van der Waals surface area contributed by atoms with Crippen molar-refractivity contribution in [3.63, 3.8) is 0 Å². The van der Waals surface area contributed by atoms with Crippen LogP contribution in [-0.4, -0.2) is 26.3 Å². The Morgan fingerprint density at radius 1 is 1.13 bits per heavy atom. The fraction of sp³-hybridized carbons (Fsp3) is 0.100. The lowest BCUT2D eigenvalue weighted by molar-refractivity contribution is 0.174. The van der Waals surface area contributed by atoms with Crippen molar-refractivity contribution in [3.05, 3.63) is 80.9 Å². The van der Waals surface area contributed by atoms with Crippen LogP contribution >= 0.6 is 0 Å². The third kappa shape index (κ3) is 3.04. The summed E-state index contributed by atoms with van der Waals surface area (Å²) in [6, 6.07) is 11.1. The molecule has 0 atom stereocenters. The van der Waals surface area contributed by atoms with Crippen molar-refractivity contribution in [1.82, 2.24) is 19.5 Å². The minimum Gasteiger partial charge on any atom is -0.454 e. The molecular weight excluding hydrogens is 393 g/mol. The van der Waals surface area contributed by atoms with E-state index in [2.05, 4.69) is 20.3 Å². The van der Waals surface area contributed by atoms with Crippen molar-refractivity contribution in [3.8, 4) is 17.2 Å². The summed E-state index contributed by atoms with van der Waals surface area (Å²) < 4.78 is 25.3. The van der Waals surface area contributed by atoms with E-state index in [1.165, 1.54) is 12.3 Å². The van der Waals surface area contributed by atoms with Crippen molar-refractivity contribution in [2.24, 2.45) is 0 Å². The van der Waals surface area contributed by atoms with Gasteiger partial charge in [0.15, 0.2) is 17.1 Å². The van der Waals surface area contributed by atoms with Crippen molar-refractivity contribution >= 4 is 17.0 Å². The number of nitrogens with zero attached hydrogens (tertiary/aromatic N) is 3. The van der Waals surface area contributed by atoms with E-state index < -0.39 is 11.2 Å². The number of aromatic amines is 1. The summed E-state index contributed by atoms with van der Waals surface area (Å²) in [4.78, 5) is 36.4. The van der Waals surface area contributed by atoms with E-state index in [-0.39, 0.29) is 36.1 Å². The molecule has 0 saturated carbocycles. The maximum absolute atomic E-state index is 13.8. The molecule has 0 amide bonds. The van der Waals surface area contributed by atoms with Gasteiger partial charge in [-0.1, -0.05) is 18.2 Å². The largest absolute Gasteiger partial charge is 0.454 e. The molecule has 1 aliphatic rings. The molecule has 10 heteroatoms. The highest BCUT2D eigenvalue weighted by Gasteiger charge is 2.17. The third-order valence-electron chi connectivity index (χ3n) is 4.66. The molecule has 9 nitrogen and oxygen atoms in total. The minimum absolute atomic E-state index is 0.0769. The third-order valence-corrected chi connectivity index (χ3v) is 4.66. The minimum atomic E-state index is -0.662. The number of ether oxygens (including phenoxy) is 2. The van der Waals surface area contributed by atoms with Crippen molar-refractivity contribution in [2.45, 2.75) is 6.54 Å². The second kappa shape index (κ2) is 6.99. The molecule has 4 aromatic rings. The van der Waals surface area contributed by atoms with Crippen LogP contribution in [-0.2, 0) is 6.54 Å². The van der Waals surface area contributed by atoms with E-state index in [9.17, 15) is 14.0 Å². The molecule has 0 fully saturated rings. The van der Waals surface area contributed by atoms with E-state index in [1.54, 1.807) is 36.4 Å². The number of aromatic nitrogens is 4. The number of hydrogen-bond acceptors (Lipinski definition) is 7. The quantitative estimate of drug-likeness (QED) is 0.532. The fourth-order valence-electron chi connectivity index (χ4n) is 3.16. The molecule has 2 aromatic carbocycles. The summed E-state index contributed by atoms with van der Waals surface area (Å²) in [5.74, 6) is 0.785. The van der Waals surface area contributed by atoms with Gasteiger partial charge in [-0.05, 0) is 18.2 Å². The molecule has 0 bridgehead atoms. The zero-order chi connectivity index (χ0) is 20.7. The van der Waals surface area contributed by atoms with Crippen molar-refractivity contribution in [2.75, 3.05) is 12.1 Å². The normalized spacial score (nSPS) is 12.3. The Labute approximate surface area is 167 Å². The van der Waals surface area contributed by atoms with Gasteiger partial charge in [0.2, 0.25) is 12.7 Å². The molecule has 1 aliphatic heterocycles. The maximum atomic E-state index is 13.8. The van der Waals surface area contributed by atoms with E-state index in [0.717, 1.165) is 4.57 Å². The molecule has 3 heterocycles. The van der Waals surface area contributed by atoms with Crippen LogP contribution in [0.2, 0.25) is 0 Å². The van der Waals surface area contributed by atoms with Gasteiger partial charge in [0.1, 0.15) is 11.2 Å². The average Bonchev–Trinajstić information content (AvgIpc) is 3.21. The number of benzene rings is 2. The summed E-state index contributed by atoms with van der Waals surface area (Å²) >= 11 is 0.